The molecule has 0 saturated heterocycles. The lowest BCUT2D eigenvalue weighted by atomic mass is 10.1. The molecule has 3 N–H and O–H groups in total. The number of carbonyl (C=O) groups is 2. The SMILES string of the molecule is CNC(=O)c1cnc(NC(=O)C2CC2)c2[nH]c(-c3ccc(-c4nccn4C)cc3OC3CC3)cc12. The van der Waals surface area contributed by atoms with Crippen molar-refractivity contribution >= 4 is 28.5 Å². The number of anilines is 1. The lowest BCUT2D eigenvalue weighted by Gasteiger charge is -2.12. The largest absolute Gasteiger partial charge is 0.490 e. The van der Waals surface area contributed by atoms with E-state index in [4.69, 9.17) is 4.74 Å². The fourth-order valence-corrected chi connectivity index (χ4v) is 4.23. The third kappa shape index (κ3) is 4.03. The van der Waals surface area contributed by atoms with Gasteiger partial charge in [-0.25, -0.2) is 9.97 Å². The van der Waals surface area contributed by atoms with Crippen LogP contribution in [0.25, 0.3) is 33.5 Å². The highest BCUT2D eigenvalue weighted by atomic mass is 16.5. The summed E-state index contributed by atoms with van der Waals surface area (Å²) in [6, 6.07) is 7.94. The average molecular weight is 471 g/mol. The number of nitrogens with zero attached hydrogens (tertiary/aromatic N) is 3. The van der Waals surface area contributed by atoms with Gasteiger partial charge in [-0.05, 0) is 43.9 Å². The number of fused-ring (bicyclic) bond motifs is 1. The number of imidazole rings is 1. The Labute approximate surface area is 201 Å². The molecule has 1 aromatic carbocycles. The second-order valence-electron chi connectivity index (χ2n) is 9.22. The van der Waals surface area contributed by atoms with Crippen LogP contribution in [0.5, 0.6) is 5.75 Å². The number of carbonyl (C=O) groups excluding carboxylic acids is 2. The Hall–Kier alpha value is -4.14. The summed E-state index contributed by atoms with van der Waals surface area (Å²) in [5.74, 6) is 1.78. The van der Waals surface area contributed by atoms with Crippen LogP contribution in [0.1, 0.15) is 36.0 Å². The van der Waals surface area contributed by atoms with Crippen LogP contribution >= 0.6 is 0 Å². The minimum atomic E-state index is -0.243. The van der Waals surface area contributed by atoms with Gasteiger partial charge in [0.05, 0.1) is 22.9 Å². The van der Waals surface area contributed by atoms with Crippen molar-refractivity contribution in [2.45, 2.75) is 31.8 Å². The van der Waals surface area contributed by atoms with Crippen LogP contribution in [-0.2, 0) is 11.8 Å². The van der Waals surface area contributed by atoms with Gasteiger partial charge in [0, 0.05) is 55.1 Å². The molecule has 0 atom stereocenters. The van der Waals surface area contributed by atoms with Crippen molar-refractivity contribution in [2.75, 3.05) is 12.4 Å². The van der Waals surface area contributed by atoms with E-state index in [1.54, 1.807) is 13.2 Å². The fraction of sp³-hybridized carbons (Fsp3) is 0.308. The van der Waals surface area contributed by atoms with E-state index < -0.39 is 0 Å². The van der Waals surface area contributed by atoms with E-state index in [1.165, 1.54) is 6.20 Å². The van der Waals surface area contributed by atoms with Gasteiger partial charge < -0.3 is 24.9 Å². The minimum Gasteiger partial charge on any atom is -0.490 e. The molecular weight excluding hydrogens is 444 g/mol. The number of rotatable bonds is 7. The van der Waals surface area contributed by atoms with E-state index in [-0.39, 0.29) is 23.8 Å². The van der Waals surface area contributed by atoms with Gasteiger partial charge in [0.15, 0.2) is 5.82 Å². The summed E-state index contributed by atoms with van der Waals surface area (Å²) in [5.41, 5.74) is 3.65. The van der Waals surface area contributed by atoms with Crippen LogP contribution in [0.15, 0.2) is 42.9 Å². The number of benzene rings is 1. The zero-order valence-corrected chi connectivity index (χ0v) is 19.6. The standard InChI is InChI=1S/C26H26N6O3/c1-27-26(34)19-13-29-23(31-25(33)14-3-4-14)22-18(19)12-20(30-22)17-8-5-15(24-28-9-10-32(24)2)11-21(17)35-16-6-7-16/h5,8-14,16,30H,3-4,6-7H2,1-2H3,(H,27,34)(H,29,31,33). The van der Waals surface area contributed by atoms with E-state index in [1.807, 2.05) is 42.1 Å². The molecular formula is C26H26N6O3. The first-order chi connectivity index (χ1) is 17.0. The van der Waals surface area contributed by atoms with Crippen molar-refractivity contribution in [1.29, 1.82) is 0 Å². The summed E-state index contributed by atoms with van der Waals surface area (Å²) in [6.07, 6.45) is 9.23. The lowest BCUT2D eigenvalue weighted by molar-refractivity contribution is -0.117. The number of hydrogen-bond acceptors (Lipinski definition) is 5. The molecule has 3 heterocycles. The molecule has 2 fully saturated rings. The summed E-state index contributed by atoms with van der Waals surface area (Å²) in [5, 5.41) is 6.29. The fourth-order valence-electron chi connectivity index (χ4n) is 4.23. The Kier molecular flexibility index (Phi) is 5.05. The van der Waals surface area contributed by atoms with E-state index in [2.05, 4.69) is 25.6 Å². The maximum atomic E-state index is 12.6. The maximum absolute atomic E-state index is 12.6. The molecule has 2 aliphatic carbocycles. The van der Waals surface area contributed by atoms with Crippen molar-refractivity contribution in [3.8, 4) is 28.4 Å². The molecule has 0 aliphatic heterocycles. The topological polar surface area (TPSA) is 114 Å². The first-order valence-electron chi connectivity index (χ1n) is 11.8. The number of hydrogen-bond donors (Lipinski definition) is 3. The minimum absolute atomic E-state index is 0.0390. The highest BCUT2D eigenvalue weighted by Gasteiger charge is 2.31. The molecule has 3 aromatic heterocycles. The molecule has 9 heteroatoms. The Bertz CT molecular complexity index is 1460. The molecule has 0 spiro atoms. The molecule has 0 radical (unpaired) electrons. The predicted molar refractivity (Wildman–Crippen MR) is 132 cm³/mol. The van der Waals surface area contributed by atoms with Crippen molar-refractivity contribution in [3.63, 3.8) is 0 Å². The van der Waals surface area contributed by atoms with Gasteiger partial charge in [0.25, 0.3) is 5.91 Å². The Balaban J connectivity index is 1.47. The zero-order chi connectivity index (χ0) is 24.1. The lowest BCUT2D eigenvalue weighted by Crippen LogP contribution is -2.19. The van der Waals surface area contributed by atoms with Crippen molar-refractivity contribution in [2.24, 2.45) is 13.0 Å². The molecule has 2 saturated carbocycles. The molecule has 2 amide bonds. The first-order valence-corrected chi connectivity index (χ1v) is 11.8. The Morgan fingerprint density at radius 3 is 2.66 bits per heavy atom. The van der Waals surface area contributed by atoms with Crippen LogP contribution in [0.2, 0.25) is 0 Å². The van der Waals surface area contributed by atoms with Crippen molar-refractivity contribution < 1.29 is 14.3 Å². The maximum Gasteiger partial charge on any atom is 0.253 e. The molecule has 2 aliphatic rings. The molecule has 0 unspecified atom stereocenters. The normalized spacial score (nSPS) is 15.3. The van der Waals surface area contributed by atoms with Gasteiger partial charge in [-0.15, -0.1) is 0 Å². The van der Waals surface area contributed by atoms with E-state index >= 15 is 0 Å². The smallest absolute Gasteiger partial charge is 0.253 e. The summed E-state index contributed by atoms with van der Waals surface area (Å²) < 4.78 is 8.26. The highest BCUT2D eigenvalue weighted by Crippen LogP contribution is 2.40. The third-order valence-electron chi connectivity index (χ3n) is 6.50. The number of aryl methyl sites for hydroxylation is 1. The van der Waals surface area contributed by atoms with Gasteiger partial charge in [0.1, 0.15) is 11.6 Å². The van der Waals surface area contributed by atoms with E-state index in [0.717, 1.165) is 54.1 Å². The monoisotopic (exact) mass is 470 g/mol. The molecule has 6 rings (SSSR count). The van der Waals surface area contributed by atoms with Gasteiger partial charge in [-0.3, -0.25) is 9.59 Å². The number of amides is 2. The first kappa shape index (κ1) is 21.4. The quantitative estimate of drug-likeness (QED) is 0.379. The summed E-state index contributed by atoms with van der Waals surface area (Å²) in [7, 11) is 3.54. The number of aromatic nitrogens is 4. The van der Waals surface area contributed by atoms with Crippen LogP contribution in [0.4, 0.5) is 5.82 Å². The summed E-state index contributed by atoms with van der Waals surface area (Å²) in [6.45, 7) is 0. The number of aromatic amines is 1. The molecule has 0 bridgehead atoms. The Morgan fingerprint density at radius 1 is 1.14 bits per heavy atom. The second kappa shape index (κ2) is 8.26. The number of nitrogens with one attached hydrogen (secondary N) is 3. The van der Waals surface area contributed by atoms with Crippen LogP contribution in [-0.4, -0.2) is 44.5 Å². The van der Waals surface area contributed by atoms with Gasteiger partial charge >= 0.3 is 0 Å². The summed E-state index contributed by atoms with van der Waals surface area (Å²) in [4.78, 5) is 37.3. The number of H-pyrrole nitrogens is 1. The van der Waals surface area contributed by atoms with Crippen LogP contribution in [0.3, 0.4) is 0 Å². The number of pyridine rings is 1. The third-order valence-corrected chi connectivity index (χ3v) is 6.50. The second-order valence-corrected chi connectivity index (χ2v) is 9.22. The molecule has 35 heavy (non-hydrogen) atoms. The molecule has 4 aromatic rings. The van der Waals surface area contributed by atoms with Crippen molar-refractivity contribution in [1.82, 2.24) is 24.8 Å². The average Bonchev–Trinajstić information content (AvgIpc) is 3.78. The van der Waals surface area contributed by atoms with Gasteiger partial charge in [-0.1, -0.05) is 6.07 Å². The zero-order valence-electron chi connectivity index (χ0n) is 19.6. The Morgan fingerprint density at radius 2 is 1.97 bits per heavy atom. The van der Waals surface area contributed by atoms with Crippen molar-refractivity contribution in [3.05, 3.63) is 48.4 Å². The molecule has 178 valence electrons. The predicted octanol–water partition coefficient (Wildman–Crippen LogP) is 3.88. The summed E-state index contributed by atoms with van der Waals surface area (Å²) >= 11 is 0. The molecule has 9 nitrogen and oxygen atoms in total. The highest BCUT2D eigenvalue weighted by molar-refractivity contribution is 6.11. The van der Waals surface area contributed by atoms with E-state index in [0.29, 0.717) is 22.3 Å². The van der Waals surface area contributed by atoms with E-state index in [9.17, 15) is 9.59 Å². The van der Waals surface area contributed by atoms with Crippen LogP contribution in [0, 0.1) is 5.92 Å². The number of ether oxygens (including phenoxy) is 1. The van der Waals surface area contributed by atoms with Gasteiger partial charge in [-0.2, -0.15) is 0 Å². The van der Waals surface area contributed by atoms with Crippen LogP contribution < -0.4 is 15.4 Å². The van der Waals surface area contributed by atoms with Gasteiger partial charge in [0.2, 0.25) is 5.91 Å².